The second kappa shape index (κ2) is 6.58. The molecule has 24 heavy (non-hydrogen) atoms. The number of halogens is 6. The molecule has 0 atom stereocenters. The molecule has 3 rings (SSSR count). The fourth-order valence-electron chi connectivity index (χ4n) is 2.43. The van der Waals surface area contributed by atoms with E-state index in [4.69, 9.17) is 23.2 Å². The maximum Gasteiger partial charge on any atom is 0.396 e. The molecule has 0 bridgehead atoms. The molecule has 0 unspecified atom stereocenters. The van der Waals surface area contributed by atoms with E-state index in [9.17, 15) is 13.2 Å². The highest BCUT2D eigenvalue weighted by molar-refractivity contribution is 9.10. The van der Waals surface area contributed by atoms with Gasteiger partial charge in [-0.2, -0.15) is 13.2 Å². The Morgan fingerprint density at radius 1 is 1.04 bits per heavy atom. The molecule has 1 aromatic heterocycles. The van der Waals surface area contributed by atoms with E-state index in [0.29, 0.717) is 11.0 Å². The minimum absolute atomic E-state index is 0.0706. The predicted octanol–water partition coefficient (Wildman–Crippen LogP) is 6.26. The van der Waals surface area contributed by atoms with E-state index >= 15 is 0 Å². The summed E-state index contributed by atoms with van der Waals surface area (Å²) in [4.78, 5) is 4.10. The number of nitrogens with zero attached hydrogens (tertiary/aromatic N) is 2. The van der Waals surface area contributed by atoms with Crippen LogP contribution in [0.5, 0.6) is 0 Å². The van der Waals surface area contributed by atoms with Crippen LogP contribution in [0.2, 0.25) is 10.0 Å². The first-order valence-electron chi connectivity index (χ1n) is 6.88. The smallest absolute Gasteiger partial charge is 0.323 e. The molecule has 0 N–H and O–H groups in total. The van der Waals surface area contributed by atoms with Gasteiger partial charge in [-0.15, -0.1) is 0 Å². The van der Waals surface area contributed by atoms with Gasteiger partial charge in [-0.3, -0.25) is 0 Å². The second-order valence-electron chi connectivity index (χ2n) is 5.29. The molecule has 1 heterocycles. The van der Waals surface area contributed by atoms with E-state index in [1.165, 1.54) is 10.6 Å². The summed E-state index contributed by atoms with van der Waals surface area (Å²) in [5.41, 5.74) is 1.76. The van der Waals surface area contributed by atoms with Crippen molar-refractivity contribution in [2.45, 2.75) is 19.1 Å². The summed E-state index contributed by atoms with van der Waals surface area (Å²) in [5, 5.41) is 0.538. The van der Waals surface area contributed by atoms with Gasteiger partial charge in [-0.25, -0.2) is 4.98 Å². The van der Waals surface area contributed by atoms with Gasteiger partial charge in [0.15, 0.2) is 0 Å². The van der Waals surface area contributed by atoms with Crippen molar-refractivity contribution in [3.63, 3.8) is 0 Å². The highest BCUT2D eigenvalue weighted by Gasteiger charge is 2.31. The van der Waals surface area contributed by atoms with Crippen LogP contribution in [0.25, 0.3) is 11.0 Å². The van der Waals surface area contributed by atoms with Crippen molar-refractivity contribution in [3.8, 4) is 0 Å². The van der Waals surface area contributed by atoms with Crippen molar-refractivity contribution in [1.29, 1.82) is 0 Å². The minimum Gasteiger partial charge on any atom is -0.323 e. The van der Waals surface area contributed by atoms with Crippen LogP contribution < -0.4 is 0 Å². The van der Waals surface area contributed by atoms with Crippen LogP contribution in [0, 0.1) is 0 Å². The third-order valence-corrected chi connectivity index (χ3v) is 4.73. The highest BCUT2D eigenvalue weighted by Crippen LogP contribution is 2.31. The van der Waals surface area contributed by atoms with E-state index in [1.54, 1.807) is 6.07 Å². The molecule has 0 saturated heterocycles. The summed E-state index contributed by atoms with van der Waals surface area (Å²) in [6, 6.07) is 10.4. The van der Waals surface area contributed by atoms with Crippen LogP contribution in [0.4, 0.5) is 13.2 Å². The van der Waals surface area contributed by atoms with Crippen molar-refractivity contribution in [1.82, 2.24) is 9.55 Å². The topological polar surface area (TPSA) is 17.8 Å². The van der Waals surface area contributed by atoms with Crippen molar-refractivity contribution in [2.75, 3.05) is 0 Å². The van der Waals surface area contributed by atoms with E-state index in [2.05, 4.69) is 20.9 Å². The number of alkyl halides is 3. The molecule has 0 aliphatic rings. The summed E-state index contributed by atoms with van der Waals surface area (Å²) >= 11 is 15.3. The third kappa shape index (κ3) is 3.87. The normalized spacial score (nSPS) is 12.1. The summed E-state index contributed by atoms with van der Waals surface area (Å²) < 4.78 is 41.1. The van der Waals surface area contributed by atoms with Gasteiger partial charge in [0.05, 0.1) is 21.1 Å². The number of fused-ring (bicyclic) bond motifs is 1. The maximum absolute atomic E-state index is 12.9. The van der Waals surface area contributed by atoms with Gasteiger partial charge in [-0.1, -0.05) is 51.3 Å². The molecular formula is C16H10BrCl2F3N2. The fourth-order valence-corrected chi connectivity index (χ4v) is 3.01. The number of hydrogen-bond donors (Lipinski definition) is 0. The van der Waals surface area contributed by atoms with E-state index in [1.807, 2.05) is 24.3 Å². The van der Waals surface area contributed by atoms with E-state index < -0.39 is 12.6 Å². The number of benzene rings is 2. The average Bonchev–Trinajstić information content (AvgIpc) is 2.77. The molecular weight excluding hydrogens is 428 g/mol. The molecule has 0 spiro atoms. The molecule has 8 heteroatoms. The first-order chi connectivity index (χ1) is 11.2. The number of aromatic nitrogens is 2. The maximum atomic E-state index is 12.9. The quantitative estimate of drug-likeness (QED) is 0.472. The predicted molar refractivity (Wildman–Crippen MR) is 92.8 cm³/mol. The Morgan fingerprint density at radius 3 is 2.29 bits per heavy atom. The fraction of sp³-hybridized carbons (Fsp3) is 0.188. The Morgan fingerprint density at radius 2 is 1.67 bits per heavy atom. The zero-order valence-corrected chi connectivity index (χ0v) is 15.1. The van der Waals surface area contributed by atoms with Gasteiger partial charge in [0, 0.05) is 11.0 Å². The molecule has 0 aliphatic carbocycles. The van der Waals surface area contributed by atoms with Crippen LogP contribution in [0.1, 0.15) is 11.4 Å². The molecule has 0 radical (unpaired) electrons. The average molecular weight is 438 g/mol. The van der Waals surface area contributed by atoms with Crippen molar-refractivity contribution < 1.29 is 13.2 Å². The van der Waals surface area contributed by atoms with Gasteiger partial charge in [0.1, 0.15) is 12.2 Å². The van der Waals surface area contributed by atoms with Crippen molar-refractivity contribution >= 4 is 50.2 Å². The van der Waals surface area contributed by atoms with Gasteiger partial charge in [0.2, 0.25) is 0 Å². The number of hydrogen-bond acceptors (Lipinski definition) is 1. The van der Waals surface area contributed by atoms with Gasteiger partial charge < -0.3 is 4.57 Å². The molecule has 0 saturated carbocycles. The molecule has 3 aromatic rings. The van der Waals surface area contributed by atoms with Crippen molar-refractivity contribution in [3.05, 3.63) is 62.3 Å². The lowest BCUT2D eigenvalue weighted by Crippen LogP contribution is -2.16. The first-order valence-corrected chi connectivity index (χ1v) is 8.43. The molecule has 0 amide bonds. The van der Waals surface area contributed by atoms with Crippen LogP contribution in [0.3, 0.4) is 0 Å². The zero-order valence-electron chi connectivity index (χ0n) is 12.0. The van der Waals surface area contributed by atoms with Crippen molar-refractivity contribution in [2.24, 2.45) is 0 Å². The molecule has 0 fully saturated rings. The molecule has 2 nitrogen and oxygen atoms in total. The number of rotatable bonds is 3. The Balaban J connectivity index is 2.12. The SMILES string of the molecule is FC(F)(F)Cc1nc2cc(Cl)c(Cl)cc2n1Cc1ccc(Br)cc1. The van der Waals surface area contributed by atoms with Gasteiger partial charge >= 0.3 is 6.18 Å². The lowest BCUT2D eigenvalue weighted by Gasteiger charge is -2.11. The third-order valence-electron chi connectivity index (χ3n) is 3.48. The standard InChI is InChI=1S/C16H10BrCl2F3N2/c17-10-3-1-9(2-4-10)8-24-14-6-12(19)11(18)5-13(14)23-15(24)7-16(20,21)22/h1-6H,7-8H2. The van der Waals surface area contributed by atoms with Crippen LogP contribution in [0.15, 0.2) is 40.9 Å². The lowest BCUT2D eigenvalue weighted by atomic mass is 10.2. The Kier molecular flexibility index (Phi) is 4.82. The number of imidazole rings is 1. The Hall–Kier alpha value is -1.24. The summed E-state index contributed by atoms with van der Waals surface area (Å²) in [5.74, 6) is -0.0706. The highest BCUT2D eigenvalue weighted by atomic mass is 79.9. The summed E-state index contributed by atoms with van der Waals surface area (Å²) in [6.45, 7) is 0.257. The van der Waals surface area contributed by atoms with Crippen LogP contribution in [-0.4, -0.2) is 15.7 Å². The lowest BCUT2D eigenvalue weighted by molar-refractivity contribution is -0.128. The second-order valence-corrected chi connectivity index (χ2v) is 7.02. The van der Waals surface area contributed by atoms with E-state index in [-0.39, 0.29) is 22.4 Å². The van der Waals surface area contributed by atoms with Crippen LogP contribution in [-0.2, 0) is 13.0 Å². The van der Waals surface area contributed by atoms with Gasteiger partial charge in [-0.05, 0) is 29.8 Å². The molecule has 126 valence electrons. The first kappa shape index (κ1) is 17.6. The van der Waals surface area contributed by atoms with Gasteiger partial charge in [0.25, 0.3) is 0 Å². The Labute approximate surface area is 154 Å². The monoisotopic (exact) mass is 436 g/mol. The minimum atomic E-state index is -4.35. The summed E-state index contributed by atoms with van der Waals surface area (Å²) in [6.07, 6.45) is -5.47. The molecule has 2 aromatic carbocycles. The Bertz CT molecular complexity index is 889. The van der Waals surface area contributed by atoms with E-state index in [0.717, 1.165) is 10.0 Å². The zero-order chi connectivity index (χ0) is 17.5. The molecule has 0 aliphatic heterocycles. The van der Waals surface area contributed by atoms with Crippen LogP contribution >= 0.6 is 39.1 Å². The largest absolute Gasteiger partial charge is 0.396 e. The summed E-state index contributed by atoms with van der Waals surface area (Å²) in [7, 11) is 0.